The zero-order chi connectivity index (χ0) is 15.2. The van der Waals surface area contributed by atoms with E-state index in [9.17, 15) is 8.42 Å². The van der Waals surface area contributed by atoms with Gasteiger partial charge in [-0.05, 0) is 45.6 Å². The molecule has 21 heavy (non-hydrogen) atoms. The molecular formula is C15H25N3O2S. The third-order valence-corrected chi connectivity index (χ3v) is 6.40. The van der Waals surface area contributed by atoms with Crippen molar-refractivity contribution in [2.24, 2.45) is 0 Å². The molecule has 0 radical (unpaired) electrons. The average molecular weight is 311 g/mol. The van der Waals surface area contributed by atoms with E-state index in [1.165, 1.54) is 17.1 Å². The number of hydrogen-bond donors (Lipinski definition) is 1. The van der Waals surface area contributed by atoms with E-state index in [4.69, 9.17) is 0 Å². The molecule has 6 heteroatoms. The highest BCUT2D eigenvalue weighted by molar-refractivity contribution is 7.89. The summed E-state index contributed by atoms with van der Waals surface area (Å²) in [5.41, 5.74) is 1.10. The van der Waals surface area contributed by atoms with E-state index in [2.05, 4.69) is 9.88 Å². The molecule has 0 saturated heterocycles. The van der Waals surface area contributed by atoms with Gasteiger partial charge < -0.3 is 9.88 Å². The van der Waals surface area contributed by atoms with Crippen molar-refractivity contribution in [1.29, 1.82) is 0 Å². The molecule has 1 aromatic rings. The highest BCUT2D eigenvalue weighted by Crippen LogP contribution is 2.38. The number of rotatable bonds is 7. The molecule has 0 aromatic carbocycles. The standard InChI is InChI=1S/C15H25N3O2S/c1-11(2)17(3)21(19,20)15-8-14(9-16-12-4-5-12)18(10-15)13-6-7-13/h8,10-13,16H,4-7,9H2,1-3H3. The average Bonchev–Trinajstić information content (AvgIpc) is 3.34. The largest absolute Gasteiger partial charge is 0.346 e. The molecule has 2 aliphatic carbocycles. The monoisotopic (exact) mass is 311 g/mol. The highest BCUT2D eigenvalue weighted by atomic mass is 32.2. The summed E-state index contributed by atoms with van der Waals surface area (Å²) in [6.07, 6.45) is 6.63. The number of nitrogens with zero attached hydrogens (tertiary/aromatic N) is 2. The lowest BCUT2D eigenvalue weighted by Gasteiger charge is -2.19. The van der Waals surface area contributed by atoms with Gasteiger partial charge in [0.25, 0.3) is 0 Å². The number of nitrogens with one attached hydrogen (secondary N) is 1. The van der Waals surface area contributed by atoms with E-state index in [0.29, 0.717) is 17.0 Å². The summed E-state index contributed by atoms with van der Waals surface area (Å²) in [6, 6.07) is 2.94. The topological polar surface area (TPSA) is 54.3 Å². The molecule has 2 aliphatic rings. The van der Waals surface area contributed by atoms with E-state index in [0.717, 1.165) is 25.1 Å². The second-order valence-electron chi connectivity index (χ2n) is 6.58. The Morgan fingerprint density at radius 1 is 1.33 bits per heavy atom. The Morgan fingerprint density at radius 3 is 2.52 bits per heavy atom. The van der Waals surface area contributed by atoms with Crippen molar-refractivity contribution in [1.82, 2.24) is 14.2 Å². The van der Waals surface area contributed by atoms with Crippen LogP contribution in [0, 0.1) is 0 Å². The molecule has 5 nitrogen and oxygen atoms in total. The molecular weight excluding hydrogens is 286 g/mol. The predicted molar refractivity (Wildman–Crippen MR) is 82.6 cm³/mol. The molecule has 118 valence electrons. The number of aromatic nitrogens is 1. The molecule has 0 aliphatic heterocycles. The van der Waals surface area contributed by atoms with Crippen LogP contribution in [0.15, 0.2) is 17.2 Å². The molecule has 0 bridgehead atoms. The first-order valence-corrected chi connectivity index (χ1v) is 9.26. The zero-order valence-electron chi connectivity index (χ0n) is 13.0. The van der Waals surface area contributed by atoms with Gasteiger partial charge in [-0.15, -0.1) is 0 Å². The van der Waals surface area contributed by atoms with Gasteiger partial charge in [-0.3, -0.25) is 0 Å². The molecule has 0 spiro atoms. The highest BCUT2D eigenvalue weighted by Gasteiger charge is 2.31. The Balaban J connectivity index is 1.86. The molecule has 0 atom stereocenters. The van der Waals surface area contributed by atoms with Crippen molar-refractivity contribution < 1.29 is 8.42 Å². The Labute approximate surface area is 127 Å². The summed E-state index contributed by atoms with van der Waals surface area (Å²) in [4.78, 5) is 0.429. The predicted octanol–water partition coefficient (Wildman–Crippen LogP) is 2.10. The van der Waals surface area contributed by atoms with Gasteiger partial charge in [0.1, 0.15) is 4.90 Å². The normalized spacial score (nSPS) is 19.7. The van der Waals surface area contributed by atoms with Crippen molar-refractivity contribution in [2.45, 2.75) is 69.1 Å². The maximum absolute atomic E-state index is 12.6. The first-order chi connectivity index (χ1) is 9.89. The lowest BCUT2D eigenvalue weighted by Crippen LogP contribution is -2.32. The van der Waals surface area contributed by atoms with Crippen LogP contribution in [0.2, 0.25) is 0 Å². The van der Waals surface area contributed by atoms with Gasteiger partial charge in [-0.25, -0.2) is 8.42 Å². The van der Waals surface area contributed by atoms with Crippen molar-refractivity contribution >= 4 is 10.0 Å². The second-order valence-corrected chi connectivity index (χ2v) is 8.57. The van der Waals surface area contributed by atoms with Crippen molar-refractivity contribution in [3.05, 3.63) is 18.0 Å². The molecule has 1 N–H and O–H groups in total. The fraction of sp³-hybridized carbons (Fsp3) is 0.733. The molecule has 2 saturated carbocycles. The summed E-state index contributed by atoms with van der Waals surface area (Å²) in [6.45, 7) is 4.55. The maximum Gasteiger partial charge on any atom is 0.244 e. The third-order valence-electron chi connectivity index (χ3n) is 4.40. The number of sulfonamides is 1. The van der Waals surface area contributed by atoms with Gasteiger partial charge in [0.2, 0.25) is 10.0 Å². The van der Waals surface area contributed by atoms with Crippen LogP contribution in [-0.4, -0.2) is 36.4 Å². The van der Waals surface area contributed by atoms with E-state index < -0.39 is 10.0 Å². The molecule has 2 fully saturated rings. The van der Waals surface area contributed by atoms with Crippen LogP contribution in [0.25, 0.3) is 0 Å². The second kappa shape index (κ2) is 5.41. The third kappa shape index (κ3) is 3.17. The van der Waals surface area contributed by atoms with Crippen LogP contribution in [0.4, 0.5) is 0 Å². The molecule has 0 unspecified atom stereocenters. The van der Waals surface area contributed by atoms with Crippen molar-refractivity contribution in [3.63, 3.8) is 0 Å². The minimum absolute atomic E-state index is 0.0349. The molecule has 1 aromatic heterocycles. The van der Waals surface area contributed by atoms with Gasteiger partial charge in [0.05, 0.1) is 0 Å². The lowest BCUT2D eigenvalue weighted by atomic mass is 10.4. The summed E-state index contributed by atoms with van der Waals surface area (Å²) >= 11 is 0. The van der Waals surface area contributed by atoms with E-state index in [1.807, 2.05) is 26.1 Å². The van der Waals surface area contributed by atoms with Crippen LogP contribution in [0.5, 0.6) is 0 Å². The minimum atomic E-state index is -3.38. The maximum atomic E-state index is 12.6. The van der Waals surface area contributed by atoms with Crippen LogP contribution in [0.3, 0.4) is 0 Å². The van der Waals surface area contributed by atoms with Crippen LogP contribution >= 0.6 is 0 Å². The molecule has 0 amide bonds. The first kappa shape index (κ1) is 15.1. The lowest BCUT2D eigenvalue weighted by molar-refractivity contribution is 0.410. The SMILES string of the molecule is CC(C)N(C)S(=O)(=O)c1cc(CNC2CC2)n(C2CC2)c1. The number of hydrogen-bond acceptors (Lipinski definition) is 3. The summed E-state index contributed by atoms with van der Waals surface area (Å²) < 4.78 is 28.9. The summed E-state index contributed by atoms with van der Waals surface area (Å²) in [7, 11) is -1.73. The van der Waals surface area contributed by atoms with Gasteiger partial charge >= 0.3 is 0 Å². The minimum Gasteiger partial charge on any atom is -0.346 e. The molecule has 1 heterocycles. The fourth-order valence-electron chi connectivity index (χ4n) is 2.45. The van der Waals surface area contributed by atoms with Crippen LogP contribution in [0.1, 0.15) is 51.3 Å². The Kier molecular flexibility index (Phi) is 3.88. The Hall–Kier alpha value is -0.850. The van der Waals surface area contributed by atoms with Crippen LogP contribution in [-0.2, 0) is 16.6 Å². The van der Waals surface area contributed by atoms with Gasteiger partial charge in [-0.2, -0.15) is 4.31 Å². The van der Waals surface area contributed by atoms with Gasteiger partial charge in [0.15, 0.2) is 0 Å². The van der Waals surface area contributed by atoms with Crippen molar-refractivity contribution in [2.75, 3.05) is 7.05 Å². The Bertz CT molecular complexity index is 613. The smallest absolute Gasteiger partial charge is 0.244 e. The van der Waals surface area contributed by atoms with Gasteiger partial charge in [0, 0.05) is 43.6 Å². The summed E-state index contributed by atoms with van der Waals surface area (Å²) in [5.74, 6) is 0. The van der Waals surface area contributed by atoms with Crippen LogP contribution < -0.4 is 5.32 Å². The summed E-state index contributed by atoms with van der Waals surface area (Å²) in [5, 5.41) is 3.48. The Morgan fingerprint density at radius 2 is 2.00 bits per heavy atom. The van der Waals surface area contributed by atoms with Crippen molar-refractivity contribution in [3.8, 4) is 0 Å². The quantitative estimate of drug-likeness (QED) is 0.839. The van der Waals surface area contributed by atoms with Gasteiger partial charge in [-0.1, -0.05) is 0 Å². The zero-order valence-corrected chi connectivity index (χ0v) is 13.9. The van der Waals surface area contributed by atoms with E-state index in [1.54, 1.807) is 7.05 Å². The van der Waals surface area contributed by atoms with E-state index in [-0.39, 0.29) is 6.04 Å². The molecule has 3 rings (SSSR count). The fourth-order valence-corrected chi connectivity index (χ4v) is 3.87. The first-order valence-electron chi connectivity index (χ1n) is 7.81. The van der Waals surface area contributed by atoms with E-state index >= 15 is 0 Å².